The number of aliphatic imine (C=N–C) groups is 1. The molecule has 75 heavy (non-hydrogen) atoms. The van der Waals surface area contributed by atoms with Crippen molar-refractivity contribution in [3.8, 4) is 5.75 Å². The third kappa shape index (κ3) is 21.3. The number of guanidine groups is 1. The van der Waals surface area contributed by atoms with Gasteiger partial charge in [-0.05, 0) is 95.9 Å². The number of carbonyl (C=O) groups excluding carboxylic acids is 9. The van der Waals surface area contributed by atoms with Crippen molar-refractivity contribution < 1.29 is 68.4 Å². The molecule has 1 aliphatic rings. The highest BCUT2D eigenvalue weighted by Crippen LogP contribution is 2.19. The van der Waals surface area contributed by atoms with Crippen molar-refractivity contribution in [1.29, 1.82) is 0 Å². The number of likely N-dealkylation sites (tertiary alicyclic amines) is 1. The molecule has 2 rings (SSSR count). The van der Waals surface area contributed by atoms with E-state index in [0.29, 0.717) is 44.2 Å². The van der Waals surface area contributed by atoms with E-state index >= 15 is 0 Å². The number of nitrogens with two attached hydrogens (primary N) is 4. The van der Waals surface area contributed by atoms with Crippen LogP contribution in [-0.2, 0) is 54.4 Å². The lowest BCUT2D eigenvalue weighted by molar-refractivity contribution is -0.143. The zero-order valence-electron chi connectivity index (χ0n) is 43.1. The third-order valence-electron chi connectivity index (χ3n) is 12.3. The van der Waals surface area contributed by atoms with Gasteiger partial charge in [0.05, 0.1) is 19.3 Å². The number of aromatic hydroxyl groups is 1. The number of aliphatic hydroxyl groups excluding tert-OH is 2. The number of carbonyl (C=O) groups is 10. The molecule has 28 nitrogen and oxygen atoms in total. The first kappa shape index (κ1) is 63.9. The number of aliphatic carboxylic acids is 1. The van der Waals surface area contributed by atoms with Crippen LogP contribution in [0.5, 0.6) is 5.75 Å². The average molecular weight is 1060 g/mol. The van der Waals surface area contributed by atoms with E-state index in [-0.39, 0.29) is 50.5 Å². The van der Waals surface area contributed by atoms with Gasteiger partial charge in [0, 0.05) is 19.5 Å². The van der Waals surface area contributed by atoms with E-state index in [4.69, 9.17) is 22.9 Å². The van der Waals surface area contributed by atoms with Crippen LogP contribution in [0.1, 0.15) is 91.5 Å². The first-order valence-electron chi connectivity index (χ1n) is 24.9. The number of nitrogens with one attached hydrogen (secondary N) is 8. The quantitative estimate of drug-likeness (QED) is 0.0182. The van der Waals surface area contributed by atoms with Crippen molar-refractivity contribution in [3.63, 3.8) is 0 Å². The lowest BCUT2D eigenvalue weighted by atomic mass is 9.97. The molecule has 1 heterocycles. The highest BCUT2D eigenvalue weighted by Gasteiger charge is 2.38. The first-order valence-corrected chi connectivity index (χ1v) is 24.9. The molecular formula is C47H78N14O14. The summed E-state index contributed by atoms with van der Waals surface area (Å²) in [6, 6.07) is -7.68. The lowest BCUT2D eigenvalue weighted by Gasteiger charge is -2.29. The Kier molecular flexibility index (Phi) is 27.5. The Morgan fingerprint density at radius 2 is 1.17 bits per heavy atom. The molecular weight excluding hydrogens is 985 g/mol. The number of carboxylic acids is 1. The Labute approximate surface area is 435 Å². The van der Waals surface area contributed by atoms with Crippen molar-refractivity contribution in [1.82, 2.24) is 47.4 Å². The fraction of sp³-hybridized carbons (Fsp3) is 0.638. The maximum absolute atomic E-state index is 14.2. The van der Waals surface area contributed by atoms with Crippen LogP contribution in [0.15, 0.2) is 29.3 Å². The number of phenolic OH excluding ortho intramolecular Hbond substituents is 1. The number of rotatable bonds is 32. The van der Waals surface area contributed by atoms with Crippen molar-refractivity contribution in [2.24, 2.45) is 33.8 Å². The van der Waals surface area contributed by atoms with Crippen LogP contribution >= 0.6 is 0 Å². The second-order valence-electron chi connectivity index (χ2n) is 18.4. The molecule has 0 spiro atoms. The monoisotopic (exact) mass is 1060 g/mol. The number of hydrogen-bond acceptors (Lipinski definition) is 16. The molecule has 0 aliphatic carbocycles. The second-order valence-corrected chi connectivity index (χ2v) is 18.4. The Bertz CT molecular complexity index is 2140. The van der Waals surface area contributed by atoms with Gasteiger partial charge in [0.1, 0.15) is 60.1 Å². The molecule has 1 fully saturated rings. The molecule has 9 amide bonds. The van der Waals surface area contributed by atoms with Gasteiger partial charge >= 0.3 is 5.97 Å². The fourth-order valence-corrected chi connectivity index (χ4v) is 7.67. The minimum Gasteiger partial charge on any atom is -0.508 e. The Morgan fingerprint density at radius 3 is 1.72 bits per heavy atom. The average Bonchev–Trinajstić information content (AvgIpc) is 3.86. The van der Waals surface area contributed by atoms with Gasteiger partial charge in [-0.3, -0.25) is 48.1 Å². The zero-order chi connectivity index (χ0) is 56.5. The van der Waals surface area contributed by atoms with Crippen LogP contribution < -0.4 is 65.5 Å². The van der Waals surface area contributed by atoms with Crippen LogP contribution in [0.25, 0.3) is 0 Å². The predicted octanol–water partition coefficient (Wildman–Crippen LogP) is -5.51. The van der Waals surface area contributed by atoms with E-state index in [1.165, 1.54) is 49.9 Å². The molecule has 20 N–H and O–H groups in total. The van der Waals surface area contributed by atoms with Gasteiger partial charge < -0.3 is 90.8 Å². The molecule has 0 saturated carbocycles. The predicted molar refractivity (Wildman–Crippen MR) is 271 cm³/mol. The summed E-state index contributed by atoms with van der Waals surface area (Å²) in [5.41, 5.74) is 22.8. The van der Waals surface area contributed by atoms with E-state index in [1.54, 1.807) is 13.8 Å². The lowest BCUT2D eigenvalue weighted by Crippen LogP contribution is -2.61. The summed E-state index contributed by atoms with van der Waals surface area (Å²) in [5, 5.41) is 58.7. The molecule has 0 radical (unpaired) electrons. The maximum atomic E-state index is 14.2. The molecule has 11 atom stereocenters. The molecule has 28 heteroatoms. The van der Waals surface area contributed by atoms with Crippen molar-refractivity contribution >= 4 is 65.1 Å². The van der Waals surface area contributed by atoms with E-state index in [0.717, 1.165) is 0 Å². The normalized spacial score (nSPS) is 17.1. The minimum absolute atomic E-state index is 0.0239. The third-order valence-corrected chi connectivity index (χ3v) is 12.3. The SMILES string of the molecule is CC[C@H](C)[C@H](NC(=O)[C@H](CO)NC(=O)[C@H](Cc1ccc(O)cc1)NC(=O)[C@H](CCCN=C(N)N)NC(=O)[C@H](C)NC(=O)[C@@H]1CCCN1C(=O)[C@H](C)N)C(=O)N[C@@H](CCCCN)C(=O)N[C@@H](C)C(=O)N[C@@H](CO)C(=O)O. The van der Waals surface area contributed by atoms with Gasteiger partial charge in [-0.25, -0.2) is 4.79 Å². The second kappa shape index (κ2) is 32.2. The zero-order valence-corrected chi connectivity index (χ0v) is 43.1. The Hall–Kier alpha value is -7.17. The summed E-state index contributed by atoms with van der Waals surface area (Å²) in [7, 11) is 0. The molecule has 1 aromatic carbocycles. The van der Waals surface area contributed by atoms with E-state index in [1.807, 2.05) is 0 Å². The summed E-state index contributed by atoms with van der Waals surface area (Å²) in [5.74, 6) is -9.91. The number of nitrogens with zero attached hydrogens (tertiary/aromatic N) is 2. The minimum atomic E-state index is -1.74. The molecule has 1 aromatic rings. The highest BCUT2D eigenvalue weighted by molar-refractivity contribution is 5.98. The number of hydrogen-bond donors (Lipinski definition) is 16. The van der Waals surface area contributed by atoms with E-state index in [9.17, 15) is 68.4 Å². The van der Waals surface area contributed by atoms with Crippen LogP contribution in [0.4, 0.5) is 0 Å². The van der Waals surface area contributed by atoms with Crippen LogP contribution in [0.2, 0.25) is 0 Å². The van der Waals surface area contributed by atoms with E-state index in [2.05, 4.69) is 47.5 Å². The molecule has 0 unspecified atom stereocenters. The first-order chi connectivity index (χ1) is 35.4. The van der Waals surface area contributed by atoms with Gasteiger partial charge in [-0.2, -0.15) is 0 Å². The smallest absolute Gasteiger partial charge is 0.328 e. The molecule has 1 aliphatic heterocycles. The Balaban J connectivity index is 2.38. The maximum Gasteiger partial charge on any atom is 0.328 e. The van der Waals surface area contributed by atoms with Crippen molar-refractivity contribution in [2.75, 3.05) is 32.8 Å². The van der Waals surface area contributed by atoms with Gasteiger partial charge in [-0.1, -0.05) is 32.4 Å². The number of benzene rings is 1. The van der Waals surface area contributed by atoms with Gasteiger partial charge in [-0.15, -0.1) is 0 Å². The summed E-state index contributed by atoms with van der Waals surface area (Å²) in [6.45, 7) is 6.10. The number of phenols is 1. The number of carboxylic acid groups (broad SMARTS) is 1. The summed E-state index contributed by atoms with van der Waals surface area (Å²) < 4.78 is 0. The van der Waals surface area contributed by atoms with Crippen molar-refractivity contribution in [2.45, 2.75) is 153 Å². The topological polar surface area (TPSA) is 468 Å². The van der Waals surface area contributed by atoms with Crippen LogP contribution in [-0.4, -0.2) is 184 Å². The van der Waals surface area contributed by atoms with Gasteiger partial charge in [0.2, 0.25) is 53.2 Å². The standard InChI is InChI=1S/C47H78N14O14/c1-6-24(2)36(44(72)56-30(11-7-8-18-48)39(67)53-26(4)38(66)59-34(23-63)46(74)75)60-42(70)33(22-62)58-41(69)32(21-28-14-16-29(64)17-15-28)57-40(68)31(12-9-19-52-47(50)51)55-37(65)27(5)54-43(71)35-13-10-20-61(35)45(73)25(3)49/h14-17,24-27,30-36,62-64H,6-13,18-23,48-49H2,1-5H3,(H,53,67)(H,54,71)(H,55,65)(H,56,72)(H,57,68)(H,58,69)(H,59,66)(H,60,70)(H,74,75)(H4,50,51,52)/t24-,25-,26-,27-,30-,31-,32-,33-,34-,35-,36-/m0/s1. The molecule has 1 saturated heterocycles. The van der Waals surface area contributed by atoms with Crippen LogP contribution in [0, 0.1) is 5.92 Å². The fourth-order valence-electron chi connectivity index (χ4n) is 7.67. The Morgan fingerprint density at radius 1 is 0.667 bits per heavy atom. The summed E-state index contributed by atoms with van der Waals surface area (Å²) in [6.07, 6.45) is 1.75. The highest BCUT2D eigenvalue weighted by atomic mass is 16.4. The molecule has 0 aromatic heterocycles. The van der Waals surface area contributed by atoms with Crippen molar-refractivity contribution in [3.05, 3.63) is 29.8 Å². The van der Waals surface area contributed by atoms with Gasteiger partial charge in [0.15, 0.2) is 5.96 Å². The number of amides is 9. The van der Waals surface area contributed by atoms with E-state index < -0.39 is 139 Å². The largest absolute Gasteiger partial charge is 0.508 e. The molecule has 0 bridgehead atoms. The molecule has 420 valence electrons. The van der Waals surface area contributed by atoms with Gasteiger partial charge in [0.25, 0.3) is 0 Å². The number of unbranched alkanes of at least 4 members (excludes halogenated alkanes) is 1. The summed E-state index contributed by atoms with van der Waals surface area (Å²) in [4.78, 5) is 139. The number of aliphatic hydroxyl groups is 2. The van der Waals surface area contributed by atoms with Crippen LogP contribution in [0.3, 0.4) is 0 Å². The summed E-state index contributed by atoms with van der Waals surface area (Å²) >= 11 is 0.